The average molecular weight is 391 g/mol. The van der Waals surface area contributed by atoms with Crippen LogP contribution in [-0.4, -0.2) is 52.6 Å². The fraction of sp³-hybridized carbons (Fsp3) is 0.875. The minimum absolute atomic E-state index is 0.00509. The van der Waals surface area contributed by atoms with Crippen molar-refractivity contribution < 1.29 is 19.1 Å². The lowest BCUT2D eigenvalue weighted by Crippen LogP contribution is -2.55. The van der Waals surface area contributed by atoms with Gasteiger partial charge in [0.15, 0.2) is 6.61 Å². The average Bonchev–Trinajstić information content (AvgIpc) is 2.44. The van der Waals surface area contributed by atoms with Crippen LogP contribution in [0.4, 0.5) is 4.79 Å². The number of ether oxygens (including phenoxy) is 2. The Morgan fingerprint density at radius 3 is 2.74 bits per heavy atom. The molecule has 2 rings (SSSR count). The van der Waals surface area contributed by atoms with Crippen molar-refractivity contribution in [3.05, 3.63) is 0 Å². The molecule has 0 aromatic rings. The Balaban J connectivity index is 2.02. The Morgan fingerprint density at radius 2 is 2.17 bits per heavy atom. The van der Waals surface area contributed by atoms with E-state index in [1.807, 2.05) is 20.8 Å². The first kappa shape index (κ1) is 18.4. The Morgan fingerprint density at radius 1 is 1.48 bits per heavy atom. The molecule has 0 N–H and O–H groups in total. The van der Waals surface area contributed by atoms with Crippen LogP contribution in [0.25, 0.3) is 0 Å². The van der Waals surface area contributed by atoms with Crippen molar-refractivity contribution in [2.75, 3.05) is 18.5 Å². The topological polar surface area (TPSA) is 60.4 Å². The number of hydrogen-bond donors (Lipinski definition) is 0. The van der Waals surface area contributed by atoms with E-state index in [2.05, 4.69) is 34.9 Å². The van der Waals surface area contributed by atoms with Gasteiger partial charge in [-0.05, 0) is 47.5 Å². The van der Waals surface area contributed by atoms with Gasteiger partial charge in [-0.25, -0.2) is 4.79 Å². The molecule has 132 valence electrons. The van der Waals surface area contributed by atoms with Crippen molar-refractivity contribution in [2.45, 2.75) is 64.7 Å². The van der Waals surface area contributed by atoms with Gasteiger partial charge >= 0.3 is 6.09 Å². The number of likely N-dealkylation sites (tertiary alicyclic amines) is 1. The number of alkyl halides is 1. The molecule has 1 saturated heterocycles. The number of rotatable bonds is 2. The third-order valence-corrected chi connectivity index (χ3v) is 4.74. The number of oxime groups is 1. The van der Waals surface area contributed by atoms with E-state index >= 15 is 0 Å². The molecule has 2 unspecified atom stereocenters. The molecule has 0 aromatic heterocycles. The Hall–Kier alpha value is -0.980. The lowest BCUT2D eigenvalue weighted by atomic mass is 9.82. The second-order valence-corrected chi connectivity index (χ2v) is 8.40. The van der Waals surface area contributed by atoms with Gasteiger partial charge in [0.2, 0.25) is 5.90 Å². The van der Waals surface area contributed by atoms with Gasteiger partial charge in [-0.2, -0.15) is 0 Å². The maximum atomic E-state index is 12.4. The van der Waals surface area contributed by atoms with Crippen molar-refractivity contribution >= 4 is 27.9 Å². The highest BCUT2D eigenvalue weighted by atomic mass is 79.9. The highest BCUT2D eigenvalue weighted by molar-refractivity contribution is 9.09. The van der Waals surface area contributed by atoms with E-state index in [0.717, 1.165) is 12.8 Å². The van der Waals surface area contributed by atoms with Gasteiger partial charge in [0.05, 0.1) is 0 Å². The van der Waals surface area contributed by atoms with E-state index in [9.17, 15) is 4.79 Å². The fourth-order valence-electron chi connectivity index (χ4n) is 2.93. The largest absolute Gasteiger partial charge is 0.470 e. The summed E-state index contributed by atoms with van der Waals surface area (Å²) in [6.07, 6.45) is 1.29. The maximum absolute atomic E-state index is 12.4. The molecule has 2 atom stereocenters. The number of piperidine rings is 1. The van der Waals surface area contributed by atoms with Crippen molar-refractivity contribution in [3.63, 3.8) is 0 Å². The van der Waals surface area contributed by atoms with Crippen molar-refractivity contribution in [3.8, 4) is 0 Å². The van der Waals surface area contributed by atoms with E-state index in [0.29, 0.717) is 24.4 Å². The summed E-state index contributed by atoms with van der Waals surface area (Å²) in [4.78, 5) is 19.5. The van der Waals surface area contributed by atoms with Crippen LogP contribution in [-0.2, 0) is 14.3 Å². The Labute approximate surface area is 146 Å². The minimum atomic E-state index is -0.489. The van der Waals surface area contributed by atoms with Crippen LogP contribution in [0.1, 0.15) is 47.5 Å². The zero-order valence-electron chi connectivity index (χ0n) is 14.6. The van der Waals surface area contributed by atoms with E-state index < -0.39 is 5.60 Å². The zero-order chi connectivity index (χ0) is 17.3. The van der Waals surface area contributed by atoms with Gasteiger partial charge in [0.1, 0.15) is 11.7 Å². The highest BCUT2D eigenvalue weighted by Crippen LogP contribution is 2.34. The molecule has 1 amide bonds. The first-order valence-corrected chi connectivity index (χ1v) is 9.17. The SMILES string of the molecule is CC(C)(C)OC(=O)N1CCC(C2=NOCC(CBr)O2)CC1(C)C. The molecular formula is C16H27BrN2O4. The summed E-state index contributed by atoms with van der Waals surface area (Å²) in [7, 11) is 0. The highest BCUT2D eigenvalue weighted by Gasteiger charge is 2.42. The smallest absolute Gasteiger partial charge is 0.410 e. The van der Waals surface area contributed by atoms with Crippen molar-refractivity contribution in [1.82, 2.24) is 4.90 Å². The summed E-state index contributed by atoms with van der Waals surface area (Å²) in [5, 5.41) is 4.80. The summed E-state index contributed by atoms with van der Waals surface area (Å²) >= 11 is 3.41. The van der Waals surface area contributed by atoms with Crippen LogP contribution in [0, 0.1) is 5.92 Å². The number of carbonyl (C=O) groups excluding carboxylic acids is 1. The van der Waals surface area contributed by atoms with Gasteiger partial charge < -0.3 is 19.2 Å². The lowest BCUT2D eigenvalue weighted by molar-refractivity contribution is -0.0193. The molecule has 0 aromatic carbocycles. The quantitative estimate of drug-likeness (QED) is 0.676. The zero-order valence-corrected chi connectivity index (χ0v) is 16.2. The standard InChI is InChI=1S/C16H27BrN2O4/c1-15(2,3)23-14(20)19-7-6-11(8-16(19,4)5)13-18-21-10-12(9-17)22-13/h11-12H,6-10H2,1-5H3. The van der Waals surface area contributed by atoms with Crippen LogP contribution in [0.3, 0.4) is 0 Å². The number of amides is 1. The van der Waals surface area contributed by atoms with Gasteiger partial charge in [0.25, 0.3) is 0 Å². The Kier molecular flexibility index (Phi) is 5.48. The molecule has 0 saturated carbocycles. The molecule has 0 aliphatic carbocycles. The first-order valence-electron chi connectivity index (χ1n) is 8.05. The molecule has 2 aliphatic rings. The monoisotopic (exact) mass is 390 g/mol. The predicted molar refractivity (Wildman–Crippen MR) is 91.8 cm³/mol. The summed E-state index contributed by atoms with van der Waals surface area (Å²) in [5.74, 6) is 0.808. The number of nitrogens with zero attached hydrogens (tertiary/aromatic N) is 2. The molecule has 7 heteroatoms. The number of carbonyl (C=O) groups is 1. The first-order chi connectivity index (χ1) is 10.6. The normalized spacial score (nSPS) is 27.6. The second-order valence-electron chi connectivity index (χ2n) is 7.75. The number of hydrogen-bond acceptors (Lipinski definition) is 5. The Bertz CT molecular complexity index is 473. The van der Waals surface area contributed by atoms with Crippen molar-refractivity contribution in [1.29, 1.82) is 0 Å². The molecule has 0 spiro atoms. The van der Waals surface area contributed by atoms with Crippen LogP contribution in [0.2, 0.25) is 0 Å². The van der Waals surface area contributed by atoms with Crippen molar-refractivity contribution in [2.24, 2.45) is 11.1 Å². The summed E-state index contributed by atoms with van der Waals surface area (Å²) < 4.78 is 11.4. The van der Waals surface area contributed by atoms with E-state index in [1.165, 1.54) is 0 Å². The molecule has 0 radical (unpaired) electrons. The molecule has 6 nitrogen and oxygen atoms in total. The second kappa shape index (κ2) is 6.87. The van der Waals surface area contributed by atoms with Gasteiger partial charge in [-0.1, -0.05) is 21.1 Å². The molecule has 0 bridgehead atoms. The lowest BCUT2D eigenvalue weighted by Gasteiger charge is -2.45. The molecule has 2 heterocycles. The van der Waals surface area contributed by atoms with E-state index in [-0.39, 0.29) is 23.7 Å². The maximum Gasteiger partial charge on any atom is 0.410 e. The minimum Gasteiger partial charge on any atom is -0.470 e. The number of halogens is 1. The van der Waals surface area contributed by atoms with Gasteiger partial charge in [0, 0.05) is 23.3 Å². The summed E-state index contributed by atoms with van der Waals surface area (Å²) in [6, 6.07) is 0. The van der Waals surface area contributed by atoms with Gasteiger partial charge in [-0.15, -0.1) is 0 Å². The fourth-order valence-corrected chi connectivity index (χ4v) is 3.25. The van der Waals surface area contributed by atoms with E-state index in [4.69, 9.17) is 14.3 Å². The van der Waals surface area contributed by atoms with Crippen LogP contribution in [0.15, 0.2) is 5.16 Å². The molecule has 23 heavy (non-hydrogen) atoms. The molecular weight excluding hydrogens is 364 g/mol. The van der Waals surface area contributed by atoms with Crippen LogP contribution < -0.4 is 0 Å². The van der Waals surface area contributed by atoms with Crippen LogP contribution >= 0.6 is 15.9 Å². The third-order valence-electron chi connectivity index (χ3n) is 4.02. The molecule has 1 fully saturated rings. The van der Waals surface area contributed by atoms with Gasteiger partial charge in [-0.3, -0.25) is 0 Å². The summed E-state index contributed by atoms with van der Waals surface area (Å²) in [6.45, 7) is 10.8. The molecule has 2 aliphatic heterocycles. The summed E-state index contributed by atoms with van der Waals surface area (Å²) in [5.41, 5.74) is -0.810. The van der Waals surface area contributed by atoms with E-state index in [1.54, 1.807) is 4.90 Å². The van der Waals surface area contributed by atoms with Crippen LogP contribution in [0.5, 0.6) is 0 Å². The third kappa shape index (κ3) is 4.75. The predicted octanol–water partition coefficient (Wildman–Crippen LogP) is 3.54.